The average Bonchev–Trinajstić information content (AvgIpc) is 2.47. The van der Waals surface area contributed by atoms with E-state index < -0.39 is 5.82 Å². The molecule has 0 saturated heterocycles. The molecule has 6 heteroatoms. The first-order valence-corrected chi connectivity index (χ1v) is 6.13. The van der Waals surface area contributed by atoms with Crippen LogP contribution in [0.1, 0.15) is 11.1 Å². The maximum absolute atomic E-state index is 13.6. The van der Waals surface area contributed by atoms with Gasteiger partial charge in [-0.1, -0.05) is 28.9 Å². The molecule has 0 fully saturated rings. The molecule has 104 valence electrons. The Morgan fingerprint density at radius 1 is 1.30 bits per heavy atom. The number of amidine groups is 1. The van der Waals surface area contributed by atoms with Crippen LogP contribution in [0.5, 0.6) is 5.75 Å². The lowest BCUT2D eigenvalue weighted by Gasteiger charge is -2.11. The molecule has 0 atom stereocenters. The number of rotatable bonds is 4. The number of oxime groups is 1. The van der Waals surface area contributed by atoms with Crippen LogP contribution in [-0.2, 0) is 6.61 Å². The van der Waals surface area contributed by atoms with Gasteiger partial charge in [0.15, 0.2) is 5.84 Å². The summed E-state index contributed by atoms with van der Waals surface area (Å²) in [6, 6.07) is 11.0. The van der Waals surface area contributed by atoms with Crippen LogP contribution in [-0.4, -0.2) is 11.0 Å². The normalized spacial score (nSPS) is 11.4. The van der Waals surface area contributed by atoms with Gasteiger partial charge in [-0.15, -0.1) is 0 Å². The second-order valence-electron chi connectivity index (χ2n) is 4.01. The van der Waals surface area contributed by atoms with E-state index in [9.17, 15) is 4.39 Å². The Labute approximate surface area is 120 Å². The highest BCUT2D eigenvalue weighted by Gasteiger charge is 2.09. The lowest BCUT2D eigenvalue weighted by Crippen LogP contribution is -2.14. The molecular formula is C14H12ClFN2O2. The Morgan fingerprint density at radius 3 is 2.80 bits per heavy atom. The maximum atomic E-state index is 13.6. The topological polar surface area (TPSA) is 67.8 Å². The van der Waals surface area contributed by atoms with Gasteiger partial charge in [0.25, 0.3) is 0 Å². The minimum Gasteiger partial charge on any atom is -0.488 e. The smallest absolute Gasteiger partial charge is 0.173 e. The highest BCUT2D eigenvalue weighted by molar-refractivity contribution is 6.30. The van der Waals surface area contributed by atoms with Crippen LogP contribution in [0.2, 0.25) is 5.02 Å². The van der Waals surface area contributed by atoms with Crippen LogP contribution in [0.3, 0.4) is 0 Å². The van der Waals surface area contributed by atoms with Crippen molar-refractivity contribution in [1.29, 1.82) is 0 Å². The summed E-state index contributed by atoms with van der Waals surface area (Å²) in [5.41, 5.74) is 6.30. The van der Waals surface area contributed by atoms with E-state index in [1.807, 2.05) is 0 Å². The summed E-state index contributed by atoms with van der Waals surface area (Å²) in [6.45, 7) is -0.0118. The van der Waals surface area contributed by atoms with Crippen molar-refractivity contribution in [3.8, 4) is 5.75 Å². The highest BCUT2D eigenvalue weighted by Crippen LogP contribution is 2.21. The summed E-state index contributed by atoms with van der Waals surface area (Å²) in [4.78, 5) is 0. The van der Waals surface area contributed by atoms with Gasteiger partial charge in [-0.2, -0.15) is 0 Å². The van der Waals surface area contributed by atoms with E-state index in [1.165, 1.54) is 18.2 Å². The molecule has 3 N–H and O–H groups in total. The number of benzene rings is 2. The van der Waals surface area contributed by atoms with Gasteiger partial charge in [0.1, 0.15) is 18.2 Å². The summed E-state index contributed by atoms with van der Waals surface area (Å²) < 4.78 is 19.1. The van der Waals surface area contributed by atoms with Gasteiger partial charge < -0.3 is 15.7 Å². The van der Waals surface area contributed by atoms with E-state index in [1.54, 1.807) is 24.3 Å². The minimum atomic E-state index is -0.407. The average molecular weight is 295 g/mol. The van der Waals surface area contributed by atoms with Gasteiger partial charge in [0.2, 0.25) is 0 Å². The van der Waals surface area contributed by atoms with Gasteiger partial charge in [0, 0.05) is 10.6 Å². The molecule has 0 bridgehead atoms. The van der Waals surface area contributed by atoms with Gasteiger partial charge in [-0.25, -0.2) is 4.39 Å². The van der Waals surface area contributed by atoms with E-state index in [0.717, 1.165) is 0 Å². The molecule has 2 rings (SSSR count). The van der Waals surface area contributed by atoms with Crippen LogP contribution >= 0.6 is 11.6 Å². The Morgan fingerprint density at radius 2 is 2.05 bits per heavy atom. The molecule has 0 saturated carbocycles. The Kier molecular flexibility index (Phi) is 4.42. The van der Waals surface area contributed by atoms with Gasteiger partial charge in [-0.05, 0) is 30.3 Å². The number of halogens is 2. The van der Waals surface area contributed by atoms with Crippen molar-refractivity contribution in [2.75, 3.05) is 0 Å². The molecule has 2 aromatic rings. The molecule has 2 aromatic carbocycles. The van der Waals surface area contributed by atoms with Gasteiger partial charge in [0.05, 0.1) is 5.56 Å². The van der Waals surface area contributed by atoms with Crippen LogP contribution in [0.4, 0.5) is 4.39 Å². The number of para-hydroxylation sites is 1. The standard InChI is InChI=1S/C14H12ClFN2O2/c15-10-5-6-12(16)9(7-10)8-20-13-4-2-1-3-11(13)14(17)18-19/h1-7,19H,8H2,(H2,17,18). The van der Waals surface area contributed by atoms with E-state index >= 15 is 0 Å². The van der Waals surface area contributed by atoms with Gasteiger partial charge in [-0.3, -0.25) is 0 Å². The largest absolute Gasteiger partial charge is 0.488 e. The Balaban J connectivity index is 2.21. The maximum Gasteiger partial charge on any atom is 0.173 e. The molecule has 0 aliphatic rings. The SMILES string of the molecule is N/C(=N/O)c1ccccc1OCc1cc(Cl)ccc1F. The third-order valence-corrected chi connectivity index (χ3v) is 2.90. The number of hydrogen-bond acceptors (Lipinski definition) is 3. The van der Waals surface area contributed by atoms with Crippen LogP contribution in [0.25, 0.3) is 0 Å². The quantitative estimate of drug-likeness (QED) is 0.394. The van der Waals surface area contributed by atoms with Crippen LogP contribution in [0.15, 0.2) is 47.6 Å². The minimum absolute atomic E-state index is 0.0118. The summed E-state index contributed by atoms with van der Waals surface area (Å²) >= 11 is 5.81. The van der Waals surface area contributed by atoms with Crippen molar-refractivity contribution in [3.05, 3.63) is 64.4 Å². The zero-order valence-electron chi connectivity index (χ0n) is 10.4. The van der Waals surface area contributed by atoms with Crippen molar-refractivity contribution >= 4 is 17.4 Å². The molecule has 0 spiro atoms. The Bertz CT molecular complexity index is 647. The molecule has 0 amide bonds. The zero-order chi connectivity index (χ0) is 14.5. The summed E-state index contributed by atoms with van der Waals surface area (Å²) in [7, 11) is 0. The fourth-order valence-corrected chi connectivity index (χ4v) is 1.86. The third kappa shape index (κ3) is 3.19. The molecule has 0 heterocycles. The number of ether oxygens (including phenoxy) is 1. The number of nitrogens with two attached hydrogens (primary N) is 1. The molecule has 20 heavy (non-hydrogen) atoms. The van der Waals surface area contributed by atoms with E-state index in [2.05, 4.69) is 5.16 Å². The fraction of sp³-hybridized carbons (Fsp3) is 0.0714. The molecule has 0 aliphatic heterocycles. The molecule has 0 unspecified atom stereocenters. The second-order valence-corrected chi connectivity index (χ2v) is 4.44. The predicted molar refractivity (Wildman–Crippen MR) is 74.7 cm³/mol. The third-order valence-electron chi connectivity index (χ3n) is 2.66. The lowest BCUT2D eigenvalue weighted by molar-refractivity contribution is 0.297. The number of nitrogens with zero attached hydrogens (tertiary/aromatic N) is 1. The monoisotopic (exact) mass is 294 g/mol. The zero-order valence-corrected chi connectivity index (χ0v) is 11.1. The van der Waals surface area contributed by atoms with E-state index in [-0.39, 0.29) is 12.4 Å². The lowest BCUT2D eigenvalue weighted by atomic mass is 10.2. The first kappa shape index (κ1) is 14.1. The van der Waals surface area contributed by atoms with Crippen molar-refractivity contribution in [2.24, 2.45) is 10.9 Å². The van der Waals surface area contributed by atoms with Crippen LogP contribution < -0.4 is 10.5 Å². The molecule has 0 radical (unpaired) electrons. The summed E-state index contributed by atoms with van der Waals surface area (Å²) in [5, 5.41) is 12.1. The van der Waals surface area contributed by atoms with Crippen molar-refractivity contribution in [1.82, 2.24) is 0 Å². The van der Waals surface area contributed by atoms with Crippen molar-refractivity contribution in [2.45, 2.75) is 6.61 Å². The van der Waals surface area contributed by atoms with Gasteiger partial charge >= 0.3 is 0 Å². The molecule has 0 aromatic heterocycles. The predicted octanol–water partition coefficient (Wildman–Crippen LogP) is 3.15. The van der Waals surface area contributed by atoms with E-state index in [0.29, 0.717) is 21.9 Å². The second kappa shape index (κ2) is 6.25. The Hall–Kier alpha value is -2.27. The molecular weight excluding hydrogens is 283 g/mol. The van der Waals surface area contributed by atoms with Crippen molar-refractivity contribution in [3.63, 3.8) is 0 Å². The summed E-state index contributed by atoms with van der Waals surface area (Å²) in [5.74, 6) is -0.0926. The molecule has 0 aliphatic carbocycles. The number of hydrogen-bond donors (Lipinski definition) is 2. The van der Waals surface area contributed by atoms with Crippen LogP contribution in [0, 0.1) is 5.82 Å². The fourth-order valence-electron chi connectivity index (χ4n) is 1.67. The first-order valence-electron chi connectivity index (χ1n) is 5.75. The van der Waals surface area contributed by atoms with E-state index in [4.69, 9.17) is 27.3 Å². The first-order chi connectivity index (χ1) is 9.61. The van der Waals surface area contributed by atoms with Crippen molar-refractivity contribution < 1.29 is 14.3 Å². The summed E-state index contributed by atoms with van der Waals surface area (Å²) in [6.07, 6.45) is 0. The molecule has 4 nitrogen and oxygen atoms in total. The highest BCUT2D eigenvalue weighted by atomic mass is 35.5.